The molecule has 0 spiro atoms. The molecular weight excluding hydrogens is 244 g/mol. The SMILES string of the molecule is C[C@@H]1[C@@H](C)SCCN1C(=O)C1(C#N)CCCCC1. The molecule has 2 fully saturated rings. The number of nitriles is 1. The molecule has 0 aromatic rings. The monoisotopic (exact) mass is 266 g/mol. The lowest BCUT2D eigenvalue weighted by Gasteiger charge is -2.42. The maximum Gasteiger partial charge on any atom is 0.243 e. The molecule has 3 nitrogen and oxygen atoms in total. The predicted octanol–water partition coefficient (Wildman–Crippen LogP) is 2.81. The van der Waals surface area contributed by atoms with Gasteiger partial charge in [-0.1, -0.05) is 26.2 Å². The van der Waals surface area contributed by atoms with E-state index in [4.69, 9.17) is 0 Å². The molecule has 0 bridgehead atoms. The summed E-state index contributed by atoms with van der Waals surface area (Å²) >= 11 is 1.92. The Morgan fingerprint density at radius 2 is 2.00 bits per heavy atom. The van der Waals surface area contributed by atoms with Gasteiger partial charge in [-0.05, 0) is 19.8 Å². The largest absolute Gasteiger partial charge is 0.337 e. The zero-order valence-electron chi connectivity index (χ0n) is 11.3. The molecule has 1 heterocycles. The van der Waals surface area contributed by atoms with E-state index in [-0.39, 0.29) is 11.9 Å². The standard InChI is InChI=1S/C14H22N2OS/c1-11-12(2)18-9-8-16(11)13(17)14(10-15)6-4-3-5-7-14/h11-12H,3-9H2,1-2H3/t11-,12-/m1/s1. The fourth-order valence-electron chi connectivity index (χ4n) is 3.02. The Hall–Kier alpha value is -0.690. The van der Waals surface area contributed by atoms with Crippen molar-refractivity contribution in [3.63, 3.8) is 0 Å². The van der Waals surface area contributed by atoms with Gasteiger partial charge in [-0.15, -0.1) is 0 Å². The van der Waals surface area contributed by atoms with Gasteiger partial charge in [0.1, 0.15) is 5.41 Å². The van der Waals surface area contributed by atoms with Gasteiger partial charge in [0.15, 0.2) is 0 Å². The van der Waals surface area contributed by atoms with E-state index in [0.29, 0.717) is 5.25 Å². The van der Waals surface area contributed by atoms with Crippen molar-refractivity contribution in [3.8, 4) is 6.07 Å². The van der Waals surface area contributed by atoms with Gasteiger partial charge >= 0.3 is 0 Å². The summed E-state index contributed by atoms with van der Waals surface area (Å²) in [5.41, 5.74) is -0.714. The van der Waals surface area contributed by atoms with Gasteiger partial charge in [0, 0.05) is 23.6 Å². The first-order valence-electron chi connectivity index (χ1n) is 6.95. The van der Waals surface area contributed by atoms with Crippen molar-refractivity contribution in [2.75, 3.05) is 12.3 Å². The van der Waals surface area contributed by atoms with Crippen molar-refractivity contribution < 1.29 is 4.79 Å². The fraction of sp³-hybridized carbons (Fsp3) is 0.857. The van der Waals surface area contributed by atoms with Crippen LogP contribution in [-0.4, -0.2) is 34.4 Å². The fourth-order valence-corrected chi connectivity index (χ4v) is 4.12. The lowest BCUT2D eigenvalue weighted by atomic mass is 9.74. The first-order valence-corrected chi connectivity index (χ1v) is 7.99. The van der Waals surface area contributed by atoms with Gasteiger partial charge in [0.25, 0.3) is 0 Å². The van der Waals surface area contributed by atoms with Crippen LogP contribution in [0.1, 0.15) is 46.0 Å². The Balaban J connectivity index is 2.16. The molecular formula is C14H22N2OS. The number of hydrogen-bond donors (Lipinski definition) is 0. The zero-order valence-corrected chi connectivity index (χ0v) is 12.1. The van der Waals surface area contributed by atoms with Crippen LogP contribution in [-0.2, 0) is 4.79 Å². The van der Waals surface area contributed by atoms with Crippen LogP contribution in [0.2, 0.25) is 0 Å². The molecule has 0 aromatic carbocycles. The number of rotatable bonds is 1. The van der Waals surface area contributed by atoms with E-state index in [1.54, 1.807) is 0 Å². The molecule has 1 aliphatic heterocycles. The molecule has 100 valence electrons. The third-order valence-corrected chi connectivity index (χ3v) is 5.81. The van der Waals surface area contributed by atoms with Crippen LogP contribution in [0.25, 0.3) is 0 Å². The van der Waals surface area contributed by atoms with E-state index in [1.165, 1.54) is 6.42 Å². The Morgan fingerprint density at radius 1 is 1.33 bits per heavy atom. The third-order valence-electron chi connectivity index (χ3n) is 4.48. The number of carbonyl (C=O) groups is 1. The summed E-state index contributed by atoms with van der Waals surface area (Å²) < 4.78 is 0. The highest BCUT2D eigenvalue weighted by atomic mass is 32.2. The van der Waals surface area contributed by atoms with Crippen molar-refractivity contribution in [2.24, 2.45) is 5.41 Å². The van der Waals surface area contributed by atoms with Crippen LogP contribution >= 0.6 is 11.8 Å². The van der Waals surface area contributed by atoms with Crippen LogP contribution in [0.5, 0.6) is 0 Å². The second-order valence-electron chi connectivity index (χ2n) is 5.57. The molecule has 0 unspecified atom stereocenters. The van der Waals surface area contributed by atoms with Crippen LogP contribution in [0.15, 0.2) is 0 Å². The summed E-state index contributed by atoms with van der Waals surface area (Å²) in [6.45, 7) is 5.09. The number of thioether (sulfide) groups is 1. The molecule has 1 saturated heterocycles. The minimum absolute atomic E-state index is 0.101. The Kier molecular flexibility index (Phi) is 4.21. The maximum absolute atomic E-state index is 12.8. The second-order valence-corrected chi connectivity index (χ2v) is 7.05. The van der Waals surface area contributed by atoms with Gasteiger partial charge in [-0.2, -0.15) is 17.0 Å². The van der Waals surface area contributed by atoms with Crippen LogP contribution in [0.4, 0.5) is 0 Å². The number of nitrogens with zero attached hydrogens (tertiary/aromatic N) is 2. The highest BCUT2D eigenvalue weighted by molar-refractivity contribution is 8.00. The first-order chi connectivity index (χ1) is 8.60. The van der Waals surface area contributed by atoms with E-state index in [2.05, 4.69) is 19.9 Å². The molecule has 1 amide bonds. The average molecular weight is 266 g/mol. The van der Waals surface area contributed by atoms with E-state index in [1.807, 2.05) is 16.7 Å². The Labute approximate surface area is 114 Å². The lowest BCUT2D eigenvalue weighted by molar-refractivity contribution is -0.142. The van der Waals surface area contributed by atoms with Crippen LogP contribution in [0.3, 0.4) is 0 Å². The Morgan fingerprint density at radius 3 is 2.61 bits per heavy atom. The van der Waals surface area contributed by atoms with Gasteiger partial charge in [-0.3, -0.25) is 4.79 Å². The molecule has 4 heteroatoms. The summed E-state index contributed by atoms with van der Waals surface area (Å²) in [5, 5.41) is 9.97. The molecule has 2 rings (SSSR count). The minimum atomic E-state index is -0.714. The summed E-state index contributed by atoms with van der Waals surface area (Å²) in [6, 6.07) is 2.61. The smallest absolute Gasteiger partial charge is 0.243 e. The highest BCUT2D eigenvalue weighted by Gasteiger charge is 2.44. The maximum atomic E-state index is 12.8. The van der Waals surface area contributed by atoms with Crippen LogP contribution < -0.4 is 0 Å². The first kappa shape index (κ1) is 13.7. The summed E-state index contributed by atoms with van der Waals surface area (Å²) in [5.74, 6) is 1.10. The van der Waals surface area contributed by atoms with Gasteiger partial charge in [-0.25, -0.2) is 0 Å². The molecule has 0 N–H and O–H groups in total. The van der Waals surface area contributed by atoms with E-state index in [9.17, 15) is 10.1 Å². The van der Waals surface area contributed by atoms with Gasteiger partial charge in [0.2, 0.25) is 5.91 Å². The predicted molar refractivity (Wildman–Crippen MR) is 74.2 cm³/mol. The molecule has 1 saturated carbocycles. The minimum Gasteiger partial charge on any atom is -0.337 e. The summed E-state index contributed by atoms with van der Waals surface area (Å²) in [6.07, 6.45) is 4.72. The van der Waals surface area contributed by atoms with Crippen LogP contribution in [0, 0.1) is 16.7 Å². The van der Waals surface area contributed by atoms with Crippen molar-refractivity contribution in [1.29, 1.82) is 5.26 Å². The van der Waals surface area contributed by atoms with Crippen molar-refractivity contribution >= 4 is 17.7 Å². The number of amides is 1. The normalized spacial score (nSPS) is 31.7. The van der Waals surface area contributed by atoms with E-state index in [0.717, 1.165) is 38.0 Å². The second kappa shape index (κ2) is 5.52. The Bertz CT molecular complexity index is 357. The van der Waals surface area contributed by atoms with E-state index < -0.39 is 5.41 Å². The number of carbonyl (C=O) groups excluding carboxylic acids is 1. The third kappa shape index (κ3) is 2.38. The lowest BCUT2D eigenvalue weighted by Crippen LogP contribution is -2.53. The molecule has 2 atom stereocenters. The average Bonchev–Trinajstić information content (AvgIpc) is 2.42. The zero-order chi connectivity index (χ0) is 13.2. The van der Waals surface area contributed by atoms with Crippen molar-refractivity contribution in [3.05, 3.63) is 0 Å². The molecule has 18 heavy (non-hydrogen) atoms. The van der Waals surface area contributed by atoms with E-state index >= 15 is 0 Å². The van der Waals surface area contributed by atoms with Gasteiger partial charge in [0.05, 0.1) is 6.07 Å². The molecule has 1 aliphatic carbocycles. The topological polar surface area (TPSA) is 44.1 Å². The van der Waals surface area contributed by atoms with Crippen molar-refractivity contribution in [2.45, 2.75) is 57.2 Å². The summed E-state index contributed by atoms with van der Waals surface area (Å²) in [4.78, 5) is 14.7. The quantitative estimate of drug-likeness (QED) is 0.733. The van der Waals surface area contributed by atoms with Crippen molar-refractivity contribution in [1.82, 2.24) is 4.90 Å². The molecule has 2 aliphatic rings. The summed E-state index contributed by atoms with van der Waals surface area (Å²) in [7, 11) is 0. The number of hydrogen-bond acceptors (Lipinski definition) is 3. The molecule has 0 aromatic heterocycles. The highest BCUT2D eigenvalue weighted by Crippen LogP contribution is 2.39. The van der Waals surface area contributed by atoms with Gasteiger partial charge < -0.3 is 4.90 Å². The molecule has 0 radical (unpaired) electrons.